The minimum absolute atomic E-state index is 0.0745. The monoisotopic (exact) mass is 289 g/mol. The van der Waals surface area contributed by atoms with Gasteiger partial charge in [0.1, 0.15) is 0 Å². The quantitative estimate of drug-likeness (QED) is 0.369. The number of ketones is 1. The van der Waals surface area contributed by atoms with E-state index in [9.17, 15) is 19.7 Å². The van der Waals surface area contributed by atoms with Crippen molar-refractivity contribution < 1.29 is 14.5 Å². The number of hydrogen-bond acceptors (Lipinski definition) is 5. The van der Waals surface area contributed by atoms with Crippen LogP contribution in [0.1, 0.15) is 17.3 Å². The molecule has 0 spiro atoms. The number of benzene rings is 1. The number of nitrogens with zero attached hydrogens (tertiary/aromatic N) is 2. The van der Waals surface area contributed by atoms with E-state index in [1.165, 1.54) is 17.0 Å². The molecular formula is C14H15N3O4. The zero-order valence-electron chi connectivity index (χ0n) is 11.6. The van der Waals surface area contributed by atoms with Crippen LogP contribution in [0.4, 0.5) is 11.4 Å². The number of fused-ring (bicyclic) bond motifs is 1. The van der Waals surface area contributed by atoms with Crippen molar-refractivity contribution in [2.24, 2.45) is 0 Å². The van der Waals surface area contributed by atoms with E-state index in [-0.39, 0.29) is 17.8 Å². The molecule has 0 radical (unpaired) electrons. The van der Waals surface area contributed by atoms with Gasteiger partial charge in [-0.25, -0.2) is 0 Å². The van der Waals surface area contributed by atoms with Crippen LogP contribution < -0.4 is 10.2 Å². The van der Waals surface area contributed by atoms with Crippen molar-refractivity contribution in [2.45, 2.75) is 6.92 Å². The van der Waals surface area contributed by atoms with Crippen molar-refractivity contribution in [2.75, 3.05) is 24.5 Å². The van der Waals surface area contributed by atoms with E-state index in [0.29, 0.717) is 12.2 Å². The smallest absolute Gasteiger partial charge is 0.299 e. The summed E-state index contributed by atoms with van der Waals surface area (Å²) in [5, 5.41) is 13.8. The van der Waals surface area contributed by atoms with Crippen LogP contribution in [0, 0.1) is 10.1 Å². The number of non-ortho nitro benzene ring substituents is 1. The molecule has 0 aliphatic carbocycles. The molecule has 1 heterocycles. The van der Waals surface area contributed by atoms with Crippen LogP contribution in [-0.2, 0) is 4.79 Å². The Labute approximate surface area is 121 Å². The van der Waals surface area contributed by atoms with E-state index in [4.69, 9.17) is 0 Å². The summed E-state index contributed by atoms with van der Waals surface area (Å²) < 4.78 is 0. The van der Waals surface area contributed by atoms with Gasteiger partial charge in [-0.15, -0.1) is 0 Å². The van der Waals surface area contributed by atoms with Crippen LogP contribution in [0.25, 0.3) is 0 Å². The molecule has 1 aromatic rings. The lowest BCUT2D eigenvalue weighted by Crippen LogP contribution is -2.33. The van der Waals surface area contributed by atoms with Crippen LogP contribution in [-0.4, -0.2) is 36.2 Å². The van der Waals surface area contributed by atoms with Crippen LogP contribution in [0.5, 0.6) is 0 Å². The SMILES string of the molecule is C=C(CNCC)CN1C(=O)C(=O)c2cc([N+](=O)[O-])ccc21. The second-order valence-corrected chi connectivity index (χ2v) is 4.71. The van der Waals surface area contributed by atoms with E-state index < -0.39 is 16.6 Å². The number of Topliss-reactive ketones (excluding diaryl/α,β-unsaturated/α-hetero) is 1. The second kappa shape index (κ2) is 5.84. The van der Waals surface area contributed by atoms with Gasteiger partial charge in [0, 0.05) is 25.2 Å². The second-order valence-electron chi connectivity index (χ2n) is 4.71. The molecule has 1 aliphatic heterocycles. The average molecular weight is 289 g/mol. The molecule has 21 heavy (non-hydrogen) atoms. The average Bonchev–Trinajstić information content (AvgIpc) is 2.70. The Kier molecular flexibility index (Phi) is 4.13. The summed E-state index contributed by atoms with van der Waals surface area (Å²) in [6.45, 7) is 7.33. The molecule has 0 fully saturated rings. The number of amides is 1. The number of anilines is 1. The number of nitro benzene ring substituents is 1. The summed E-state index contributed by atoms with van der Waals surface area (Å²) in [5.74, 6) is -1.40. The Morgan fingerprint density at radius 2 is 2.14 bits per heavy atom. The maximum absolute atomic E-state index is 12.0. The van der Waals surface area contributed by atoms with Crippen molar-refractivity contribution in [1.29, 1.82) is 0 Å². The third-order valence-corrected chi connectivity index (χ3v) is 3.17. The minimum atomic E-state index is -0.718. The van der Waals surface area contributed by atoms with Gasteiger partial charge in [-0.2, -0.15) is 0 Å². The number of carbonyl (C=O) groups is 2. The molecule has 1 aliphatic rings. The van der Waals surface area contributed by atoms with Crippen LogP contribution >= 0.6 is 0 Å². The minimum Gasteiger partial charge on any atom is -0.313 e. The van der Waals surface area contributed by atoms with Crippen LogP contribution in [0.2, 0.25) is 0 Å². The summed E-state index contributed by atoms with van der Waals surface area (Å²) in [5.41, 5.74) is 1.02. The maximum atomic E-state index is 12.0. The lowest BCUT2D eigenvalue weighted by atomic mass is 10.1. The zero-order chi connectivity index (χ0) is 15.6. The summed E-state index contributed by atoms with van der Waals surface area (Å²) in [4.78, 5) is 35.4. The van der Waals surface area contributed by atoms with Gasteiger partial charge < -0.3 is 10.2 Å². The molecule has 1 aromatic carbocycles. The zero-order valence-corrected chi connectivity index (χ0v) is 11.6. The first kappa shape index (κ1) is 14.9. The Hall–Kier alpha value is -2.54. The van der Waals surface area contributed by atoms with Gasteiger partial charge in [-0.3, -0.25) is 19.7 Å². The van der Waals surface area contributed by atoms with Crippen molar-refractivity contribution in [1.82, 2.24) is 5.32 Å². The highest BCUT2D eigenvalue weighted by molar-refractivity contribution is 6.52. The highest BCUT2D eigenvalue weighted by Gasteiger charge is 2.37. The molecule has 0 bridgehead atoms. The van der Waals surface area contributed by atoms with Gasteiger partial charge in [-0.1, -0.05) is 13.5 Å². The number of carbonyl (C=O) groups excluding carboxylic acids is 2. The molecule has 2 rings (SSSR count). The van der Waals surface area contributed by atoms with E-state index in [1.54, 1.807) is 0 Å². The molecule has 7 heteroatoms. The van der Waals surface area contributed by atoms with E-state index >= 15 is 0 Å². The fourth-order valence-electron chi connectivity index (χ4n) is 2.14. The Morgan fingerprint density at radius 3 is 2.76 bits per heavy atom. The van der Waals surface area contributed by atoms with Gasteiger partial charge in [0.25, 0.3) is 17.4 Å². The number of hydrogen-bond donors (Lipinski definition) is 1. The normalized spacial score (nSPS) is 13.5. The Bertz CT molecular complexity index is 639. The fraction of sp³-hybridized carbons (Fsp3) is 0.286. The lowest BCUT2D eigenvalue weighted by molar-refractivity contribution is -0.384. The summed E-state index contributed by atoms with van der Waals surface area (Å²) in [7, 11) is 0. The molecule has 7 nitrogen and oxygen atoms in total. The van der Waals surface area contributed by atoms with E-state index in [2.05, 4.69) is 11.9 Å². The number of nitrogens with one attached hydrogen (secondary N) is 1. The molecule has 0 aromatic heterocycles. The lowest BCUT2D eigenvalue weighted by Gasteiger charge is -2.18. The molecule has 0 saturated heterocycles. The Morgan fingerprint density at radius 1 is 1.43 bits per heavy atom. The fourth-order valence-corrected chi connectivity index (χ4v) is 2.14. The molecule has 0 saturated carbocycles. The molecule has 0 unspecified atom stereocenters. The predicted molar refractivity (Wildman–Crippen MR) is 77.5 cm³/mol. The van der Waals surface area contributed by atoms with Gasteiger partial charge in [0.15, 0.2) is 0 Å². The van der Waals surface area contributed by atoms with Crippen LogP contribution in [0.15, 0.2) is 30.4 Å². The third-order valence-electron chi connectivity index (χ3n) is 3.17. The first-order valence-electron chi connectivity index (χ1n) is 6.47. The first-order chi connectivity index (χ1) is 9.95. The van der Waals surface area contributed by atoms with Gasteiger partial charge in [0.05, 0.1) is 16.2 Å². The van der Waals surface area contributed by atoms with Crippen molar-refractivity contribution in [3.63, 3.8) is 0 Å². The number of rotatable bonds is 6. The van der Waals surface area contributed by atoms with Gasteiger partial charge in [0.2, 0.25) is 0 Å². The van der Waals surface area contributed by atoms with Crippen LogP contribution in [0.3, 0.4) is 0 Å². The largest absolute Gasteiger partial charge is 0.313 e. The van der Waals surface area contributed by atoms with Gasteiger partial charge >= 0.3 is 0 Å². The molecule has 1 amide bonds. The third kappa shape index (κ3) is 2.82. The summed E-state index contributed by atoms with van der Waals surface area (Å²) in [6.07, 6.45) is 0. The predicted octanol–water partition coefficient (Wildman–Crippen LogP) is 1.29. The number of likely N-dealkylation sites (N-methyl/N-ethyl adjacent to an activating group) is 1. The number of nitro groups is 1. The topological polar surface area (TPSA) is 92.6 Å². The van der Waals surface area contributed by atoms with Gasteiger partial charge in [-0.05, 0) is 18.2 Å². The van der Waals surface area contributed by atoms with E-state index in [0.717, 1.165) is 18.2 Å². The first-order valence-corrected chi connectivity index (χ1v) is 6.47. The summed E-state index contributed by atoms with van der Waals surface area (Å²) in [6, 6.07) is 3.85. The molecule has 0 atom stereocenters. The van der Waals surface area contributed by atoms with Crippen molar-refractivity contribution >= 4 is 23.1 Å². The summed E-state index contributed by atoms with van der Waals surface area (Å²) >= 11 is 0. The van der Waals surface area contributed by atoms with Crippen molar-refractivity contribution in [3.8, 4) is 0 Å². The maximum Gasteiger partial charge on any atom is 0.299 e. The molecule has 110 valence electrons. The molecule has 1 N–H and O–H groups in total. The van der Waals surface area contributed by atoms with Crippen molar-refractivity contribution in [3.05, 3.63) is 46.0 Å². The van der Waals surface area contributed by atoms with E-state index in [1.807, 2.05) is 6.92 Å². The standard InChI is InChI=1S/C14H15N3O4/c1-3-15-7-9(2)8-16-12-5-4-10(17(20)21)6-11(12)13(18)14(16)19/h4-6,15H,2-3,7-8H2,1H3. The highest BCUT2D eigenvalue weighted by Crippen LogP contribution is 2.32. The highest BCUT2D eigenvalue weighted by atomic mass is 16.6. The Balaban J connectivity index is 2.27. The molecular weight excluding hydrogens is 274 g/mol.